The first kappa shape index (κ1) is 8.99. The van der Waals surface area contributed by atoms with Crippen molar-refractivity contribution in [1.82, 2.24) is 10.2 Å². The van der Waals surface area contributed by atoms with Gasteiger partial charge in [-0.2, -0.15) is 0 Å². The molecule has 1 aliphatic rings. The van der Waals surface area contributed by atoms with Crippen molar-refractivity contribution in [1.29, 1.82) is 0 Å². The molecular formula is C10H10FN2O. The zero-order chi connectivity index (χ0) is 9.97. The quantitative estimate of drug-likeness (QED) is 0.698. The molecule has 0 unspecified atom stereocenters. The lowest BCUT2D eigenvalue weighted by atomic mass is 10.2. The van der Waals surface area contributed by atoms with Crippen molar-refractivity contribution >= 4 is 6.03 Å². The number of hydrogen-bond donors (Lipinski definition) is 0. The molecule has 1 saturated heterocycles. The van der Waals surface area contributed by atoms with Gasteiger partial charge in [0.2, 0.25) is 0 Å². The standard InChI is InChI=1S/C10H10FN2O/c11-9-4-2-1-3-8(9)7-13-6-5-12-10(13)14/h1-4H,5-7H2. The van der Waals surface area contributed by atoms with E-state index in [2.05, 4.69) is 5.32 Å². The van der Waals surface area contributed by atoms with Crippen LogP contribution < -0.4 is 5.32 Å². The highest BCUT2D eigenvalue weighted by atomic mass is 19.1. The maximum absolute atomic E-state index is 13.2. The van der Waals surface area contributed by atoms with E-state index in [4.69, 9.17) is 0 Å². The molecule has 1 heterocycles. The summed E-state index contributed by atoms with van der Waals surface area (Å²) >= 11 is 0. The van der Waals surface area contributed by atoms with Crippen LogP contribution in [-0.4, -0.2) is 24.0 Å². The molecule has 1 radical (unpaired) electrons. The Bertz CT molecular complexity index is 354. The van der Waals surface area contributed by atoms with Crippen LogP contribution in [0.3, 0.4) is 0 Å². The van der Waals surface area contributed by atoms with Gasteiger partial charge in [-0.15, -0.1) is 0 Å². The first-order valence-electron chi connectivity index (χ1n) is 4.47. The molecule has 0 bridgehead atoms. The SMILES string of the molecule is O=C1[N]CCN1Cc1ccccc1F. The summed E-state index contributed by atoms with van der Waals surface area (Å²) < 4.78 is 13.2. The van der Waals surface area contributed by atoms with E-state index in [-0.39, 0.29) is 11.8 Å². The highest BCUT2D eigenvalue weighted by Crippen LogP contribution is 2.11. The van der Waals surface area contributed by atoms with Crippen LogP contribution in [0.2, 0.25) is 0 Å². The third-order valence-corrected chi connectivity index (χ3v) is 2.21. The van der Waals surface area contributed by atoms with Gasteiger partial charge in [-0.1, -0.05) is 18.2 Å². The number of rotatable bonds is 2. The van der Waals surface area contributed by atoms with E-state index in [1.54, 1.807) is 23.1 Å². The van der Waals surface area contributed by atoms with Crippen molar-refractivity contribution in [2.45, 2.75) is 6.54 Å². The Balaban J connectivity index is 2.10. The Hall–Kier alpha value is -1.58. The van der Waals surface area contributed by atoms with Crippen molar-refractivity contribution < 1.29 is 9.18 Å². The minimum atomic E-state index is -0.271. The molecule has 0 saturated carbocycles. The lowest BCUT2D eigenvalue weighted by Crippen LogP contribution is -2.25. The number of nitrogens with zero attached hydrogens (tertiary/aromatic N) is 2. The van der Waals surface area contributed by atoms with Crippen LogP contribution in [0, 0.1) is 5.82 Å². The number of amides is 2. The molecule has 2 rings (SSSR count). The van der Waals surface area contributed by atoms with Crippen molar-refractivity contribution in [3.8, 4) is 0 Å². The van der Waals surface area contributed by atoms with Gasteiger partial charge in [0.25, 0.3) is 0 Å². The van der Waals surface area contributed by atoms with Gasteiger partial charge in [-0.05, 0) is 6.07 Å². The van der Waals surface area contributed by atoms with Crippen molar-refractivity contribution in [3.05, 3.63) is 35.6 Å². The van der Waals surface area contributed by atoms with Gasteiger partial charge in [0.05, 0.1) is 13.1 Å². The Morgan fingerprint density at radius 1 is 1.43 bits per heavy atom. The summed E-state index contributed by atoms with van der Waals surface area (Å²) in [6, 6.07) is 6.23. The van der Waals surface area contributed by atoms with E-state index in [9.17, 15) is 9.18 Å². The number of carbonyl (C=O) groups is 1. The fourth-order valence-electron chi connectivity index (χ4n) is 1.44. The van der Waals surface area contributed by atoms with E-state index in [1.807, 2.05) is 0 Å². The molecule has 2 amide bonds. The Labute approximate surface area is 81.5 Å². The fourth-order valence-corrected chi connectivity index (χ4v) is 1.44. The third kappa shape index (κ3) is 1.69. The molecule has 0 N–H and O–H groups in total. The third-order valence-electron chi connectivity index (χ3n) is 2.21. The second kappa shape index (κ2) is 3.65. The van der Waals surface area contributed by atoms with Gasteiger partial charge >= 0.3 is 6.03 Å². The summed E-state index contributed by atoms with van der Waals surface area (Å²) in [6.45, 7) is 1.43. The first-order chi connectivity index (χ1) is 6.77. The Morgan fingerprint density at radius 2 is 2.21 bits per heavy atom. The van der Waals surface area contributed by atoms with Crippen molar-refractivity contribution in [2.75, 3.05) is 13.1 Å². The van der Waals surface area contributed by atoms with E-state index in [0.717, 1.165) is 0 Å². The topological polar surface area (TPSA) is 34.4 Å². The molecule has 1 aliphatic heterocycles. The largest absolute Gasteiger partial charge is 0.339 e. The van der Waals surface area contributed by atoms with Crippen LogP contribution in [-0.2, 0) is 6.54 Å². The van der Waals surface area contributed by atoms with E-state index in [1.165, 1.54) is 6.07 Å². The first-order valence-corrected chi connectivity index (χ1v) is 4.47. The summed E-state index contributed by atoms with van der Waals surface area (Å²) in [5.41, 5.74) is 0.540. The number of halogens is 1. The second-order valence-corrected chi connectivity index (χ2v) is 3.18. The lowest BCUT2D eigenvalue weighted by Gasteiger charge is -2.13. The predicted molar refractivity (Wildman–Crippen MR) is 49.2 cm³/mol. The highest BCUT2D eigenvalue weighted by molar-refractivity contribution is 5.75. The number of carbonyl (C=O) groups excluding carboxylic acids is 1. The fraction of sp³-hybridized carbons (Fsp3) is 0.300. The Morgan fingerprint density at radius 3 is 2.86 bits per heavy atom. The smallest absolute Gasteiger partial charge is 0.317 e. The van der Waals surface area contributed by atoms with Gasteiger partial charge in [-0.3, -0.25) is 0 Å². The number of hydrogen-bond acceptors (Lipinski definition) is 1. The molecule has 1 aromatic carbocycles. The van der Waals surface area contributed by atoms with Crippen LogP contribution in [0.5, 0.6) is 0 Å². The molecular weight excluding hydrogens is 183 g/mol. The maximum Gasteiger partial charge on any atom is 0.339 e. The number of urea groups is 1. The summed E-state index contributed by atoms with van der Waals surface area (Å²) in [5, 5.41) is 3.71. The molecule has 73 valence electrons. The van der Waals surface area contributed by atoms with Crippen LogP contribution in [0.1, 0.15) is 5.56 Å². The monoisotopic (exact) mass is 193 g/mol. The molecule has 1 fully saturated rings. The van der Waals surface area contributed by atoms with Crippen molar-refractivity contribution in [3.63, 3.8) is 0 Å². The van der Waals surface area contributed by atoms with E-state index >= 15 is 0 Å². The molecule has 0 aliphatic carbocycles. The van der Waals surface area contributed by atoms with Gasteiger partial charge in [0.15, 0.2) is 0 Å². The minimum Gasteiger partial charge on any atom is -0.317 e. The highest BCUT2D eigenvalue weighted by Gasteiger charge is 2.21. The summed E-state index contributed by atoms with van der Waals surface area (Å²) in [7, 11) is 0. The van der Waals surface area contributed by atoms with E-state index < -0.39 is 0 Å². The second-order valence-electron chi connectivity index (χ2n) is 3.18. The van der Waals surface area contributed by atoms with Gasteiger partial charge in [0, 0.05) is 12.1 Å². The minimum absolute atomic E-state index is 0.242. The molecule has 3 nitrogen and oxygen atoms in total. The van der Waals surface area contributed by atoms with Crippen LogP contribution in [0.15, 0.2) is 24.3 Å². The van der Waals surface area contributed by atoms with Gasteiger partial charge < -0.3 is 4.90 Å². The zero-order valence-electron chi connectivity index (χ0n) is 7.61. The lowest BCUT2D eigenvalue weighted by molar-refractivity contribution is 0.214. The predicted octanol–water partition coefficient (Wildman–Crippen LogP) is 1.37. The zero-order valence-corrected chi connectivity index (χ0v) is 7.61. The normalized spacial score (nSPS) is 15.8. The summed E-state index contributed by atoms with van der Waals surface area (Å²) in [5.74, 6) is -0.271. The van der Waals surface area contributed by atoms with Crippen LogP contribution in [0.4, 0.5) is 9.18 Å². The molecule has 14 heavy (non-hydrogen) atoms. The van der Waals surface area contributed by atoms with Gasteiger partial charge in [0.1, 0.15) is 5.82 Å². The van der Waals surface area contributed by atoms with Gasteiger partial charge in [-0.25, -0.2) is 14.5 Å². The summed E-state index contributed by atoms with van der Waals surface area (Å²) in [6.07, 6.45) is 0. The summed E-state index contributed by atoms with van der Waals surface area (Å²) in [4.78, 5) is 12.7. The molecule has 4 heteroatoms. The average molecular weight is 193 g/mol. The van der Waals surface area contributed by atoms with Crippen molar-refractivity contribution in [2.24, 2.45) is 0 Å². The van der Waals surface area contributed by atoms with E-state index in [0.29, 0.717) is 25.2 Å². The maximum atomic E-state index is 13.2. The number of benzene rings is 1. The molecule has 0 spiro atoms. The van der Waals surface area contributed by atoms with Crippen LogP contribution >= 0.6 is 0 Å². The Kier molecular flexibility index (Phi) is 2.35. The van der Waals surface area contributed by atoms with Crippen LogP contribution in [0.25, 0.3) is 0 Å². The average Bonchev–Trinajstić information content (AvgIpc) is 2.56. The molecule has 0 atom stereocenters. The molecule has 0 aromatic heterocycles. The molecule has 1 aromatic rings.